The quantitative estimate of drug-likeness (QED) is 0.189. The van der Waals surface area contributed by atoms with Gasteiger partial charge in [-0.3, -0.25) is 24.7 Å². The summed E-state index contributed by atoms with van der Waals surface area (Å²) in [5.41, 5.74) is 4.06. The molecule has 1 heterocycles. The summed E-state index contributed by atoms with van der Waals surface area (Å²) in [6, 6.07) is 13.2. The van der Waals surface area contributed by atoms with Crippen molar-refractivity contribution in [3.8, 4) is 0 Å². The van der Waals surface area contributed by atoms with E-state index < -0.39 is 53.9 Å². The van der Waals surface area contributed by atoms with Gasteiger partial charge >= 0.3 is 6.03 Å². The number of benzene rings is 3. The average Bonchev–Trinajstić information content (AvgIpc) is 3.10. The Morgan fingerprint density at radius 2 is 1.44 bits per heavy atom. The molecule has 1 saturated heterocycles. The first-order valence-corrected chi connectivity index (χ1v) is 15.1. The number of rotatable bonds is 10. The van der Waals surface area contributed by atoms with Crippen LogP contribution < -0.4 is 11.3 Å². The number of hydrogen-bond acceptors (Lipinski definition) is 5. The second kappa shape index (κ2) is 15.3. The van der Waals surface area contributed by atoms with E-state index in [-0.39, 0.29) is 32.5 Å². The van der Waals surface area contributed by atoms with Gasteiger partial charge in [0.05, 0.1) is 6.42 Å². The lowest BCUT2D eigenvalue weighted by atomic mass is 10.1. The number of nitrogens with zero attached hydrogens (tertiary/aromatic N) is 3. The van der Waals surface area contributed by atoms with Gasteiger partial charge in [0.25, 0.3) is 5.91 Å². The lowest BCUT2D eigenvalue weighted by molar-refractivity contribution is -0.145. The first-order valence-electron chi connectivity index (χ1n) is 14.3. The highest BCUT2D eigenvalue weighted by atomic mass is 35.5. The monoisotopic (exact) mass is 659 g/mol. The number of carbonyl (C=O) groups is 4. The third-order valence-electron chi connectivity index (χ3n) is 7.82. The molecule has 0 aromatic heterocycles. The minimum Gasteiger partial charge on any atom is -0.331 e. The fourth-order valence-corrected chi connectivity index (χ4v) is 5.77. The number of halogens is 4. The van der Waals surface area contributed by atoms with Gasteiger partial charge in [0.15, 0.2) is 0 Å². The molecule has 0 radical (unpaired) electrons. The summed E-state index contributed by atoms with van der Waals surface area (Å²) in [7, 11) is 0. The molecule has 1 fully saturated rings. The molecular weight excluding hydrogens is 627 g/mol. The van der Waals surface area contributed by atoms with Crippen LogP contribution in [0.3, 0.4) is 0 Å². The third-order valence-corrected chi connectivity index (χ3v) is 8.41. The van der Waals surface area contributed by atoms with Crippen molar-refractivity contribution in [3.63, 3.8) is 0 Å². The van der Waals surface area contributed by atoms with E-state index in [1.165, 1.54) is 40.1 Å². The van der Waals surface area contributed by atoms with Crippen LogP contribution in [0.2, 0.25) is 10.0 Å². The van der Waals surface area contributed by atoms with Crippen LogP contribution in [0.15, 0.2) is 66.7 Å². The van der Waals surface area contributed by atoms with Crippen molar-refractivity contribution in [2.45, 2.75) is 44.7 Å². The second-order valence-electron chi connectivity index (χ2n) is 10.7. The standard InChI is InChI=1S/C32H33Cl2F2N5O4/c1-20-30(43)40(16-13-22-4-10-26(36)11-5-22)28(19-29(42)39(20)15-12-21-2-8-25(35)9-3-21)31(44)41(32(45)38-37)17-14-23-6-7-24(33)18-27(23)34/h2-11,18,20,28H,12-17,19,37H2,1H3,(H,38,45). The Morgan fingerprint density at radius 1 is 0.889 bits per heavy atom. The highest BCUT2D eigenvalue weighted by Gasteiger charge is 2.43. The molecule has 5 amide bonds. The van der Waals surface area contributed by atoms with Gasteiger partial charge in [0, 0.05) is 29.7 Å². The maximum Gasteiger partial charge on any atom is 0.338 e. The molecule has 45 heavy (non-hydrogen) atoms. The van der Waals surface area contributed by atoms with E-state index in [1.807, 2.05) is 5.43 Å². The molecule has 3 aromatic carbocycles. The van der Waals surface area contributed by atoms with Crippen molar-refractivity contribution in [2.75, 3.05) is 19.6 Å². The van der Waals surface area contributed by atoms with Gasteiger partial charge in [-0.1, -0.05) is 53.5 Å². The molecule has 9 nitrogen and oxygen atoms in total. The van der Waals surface area contributed by atoms with Crippen molar-refractivity contribution < 1.29 is 28.0 Å². The summed E-state index contributed by atoms with van der Waals surface area (Å²) < 4.78 is 26.9. The number of nitrogens with one attached hydrogen (secondary N) is 1. The zero-order valence-corrected chi connectivity index (χ0v) is 26.0. The minimum atomic E-state index is -1.33. The SMILES string of the molecule is CC1C(=O)N(CCc2ccc(F)cc2)C(C(=O)N(CCc2ccc(Cl)cc2Cl)C(=O)NN)CC(=O)N1CCc1ccc(F)cc1. The molecule has 13 heteroatoms. The summed E-state index contributed by atoms with van der Waals surface area (Å²) in [5.74, 6) is 2.87. The molecule has 1 aliphatic rings. The zero-order chi connectivity index (χ0) is 32.7. The van der Waals surface area contributed by atoms with Crippen molar-refractivity contribution >= 4 is 47.0 Å². The molecular formula is C32H33Cl2F2N5O4. The van der Waals surface area contributed by atoms with Crippen LogP contribution in [-0.2, 0) is 33.6 Å². The fraction of sp³-hybridized carbons (Fsp3) is 0.312. The predicted molar refractivity (Wildman–Crippen MR) is 166 cm³/mol. The number of imide groups is 1. The third kappa shape index (κ3) is 8.56. The Hall–Kier alpha value is -4.06. The molecule has 0 bridgehead atoms. The molecule has 0 saturated carbocycles. The summed E-state index contributed by atoms with van der Waals surface area (Å²) in [4.78, 5) is 58.2. The molecule has 4 rings (SSSR count). The van der Waals surface area contributed by atoms with Crippen molar-refractivity contribution in [3.05, 3.63) is 105 Å². The van der Waals surface area contributed by atoms with E-state index in [9.17, 15) is 28.0 Å². The van der Waals surface area contributed by atoms with Gasteiger partial charge in [-0.25, -0.2) is 19.4 Å². The molecule has 3 N–H and O–H groups in total. The normalized spacial score (nSPS) is 16.8. The molecule has 2 unspecified atom stereocenters. The zero-order valence-electron chi connectivity index (χ0n) is 24.5. The summed E-state index contributed by atoms with van der Waals surface area (Å²) in [6.07, 6.45) is 0.370. The highest BCUT2D eigenvalue weighted by Crippen LogP contribution is 2.24. The molecule has 0 spiro atoms. The van der Waals surface area contributed by atoms with Crippen LogP contribution in [0.25, 0.3) is 0 Å². The van der Waals surface area contributed by atoms with Crippen LogP contribution in [-0.4, -0.2) is 70.2 Å². The van der Waals surface area contributed by atoms with Crippen LogP contribution in [0, 0.1) is 11.6 Å². The van der Waals surface area contributed by atoms with E-state index in [2.05, 4.69) is 0 Å². The summed E-state index contributed by atoms with van der Waals surface area (Å²) in [6.45, 7) is 1.59. The number of nitrogens with two attached hydrogens (primary N) is 1. The van der Waals surface area contributed by atoms with Crippen molar-refractivity contribution in [1.82, 2.24) is 20.1 Å². The van der Waals surface area contributed by atoms with Gasteiger partial charge in [-0.15, -0.1) is 0 Å². The van der Waals surface area contributed by atoms with E-state index in [1.54, 1.807) is 43.3 Å². The highest BCUT2D eigenvalue weighted by molar-refractivity contribution is 6.35. The summed E-state index contributed by atoms with van der Waals surface area (Å²) in [5, 5.41) is 0.760. The molecule has 3 aromatic rings. The summed E-state index contributed by atoms with van der Waals surface area (Å²) >= 11 is 12.3. The van der Waals surface area contributed by atoms with E-state index in [0.29, 0.717) is 27.6 Å². The topological polar surface area (TPSA) is 116 Å². The first kappa shape index (κ1) is 33.8. The fourth-order valence-electron chi connectivity index (χ4n) is 5.27. The van der Waals surface area contributed by atoms with Crippen LogP contribution in [0.1, 0.15) is 30.0 Å². The Kier molecular flexibility index (Phi) is 11.5. The van der Waals surface area contributed by atoms with Crippen LogP contribution in [0.5, 0.6) is 0 Å². The number of amides is 5. The predicted octanol–water partition coefficient (Wildman–Crippen LogP) is 4.53. The second-order valence-corrected chi connectivity index (χ2v) is 11.5. The number of hydrazine groups is 1. The van der Waals surface area contributed by atoms with Gasteiger partial charge < -0.3 is 9.80 Å². The lowest BCUT2D eigenvalue weighted by Crippen LogP contribution is -2.57. The Balaban J connectivity index is 1.62. The number of carbonyl (C=O) groups excluding carboxylic acids is 4. The van der Waals surface area contributed by atoms with Gasteiger partial charge in [0.1, 0.15) is 23.7 Å². The van der Waals surface area contributed by atoms with E-state index in [4.69, 9.17) is 29.0 Å². The van der Waals surface area contributed by atoms with E-state index >= 15 is 0 Å². The number of hydrogen-bond donors (Lipinski definition) is 2. The Bertz CT molecular complexity index is 1540. The lowest BCUT2D eigenvalue weighted by Gasteiger charge is -2.33. The number of urea groups is 1. The maximum absolute atomic E-state index is 14.1. The largest absolute Gasteiger partial charge is 0.338 e. The van der Waals surface area contributed by atoms with Crippen molar-refractivity contribution in [1.29, 1.82) is 0 Å². The van der Waals surface area contributed by atoms with Gasteiger partial charge in [-0.2, -0.15) is 0 Å². The van der Waals surface area contributed by atoms with Gasteiger partial charge in [-0.05, 0) is 79.3 Å². The average molecular weight is 661 g/mol. The molecule has 0 aliphatic carbocycles. The maximum atomic E-state index is 14.1. The Morgan fingerprint density at radius 3 is 1.98 bits per heavy atom. The van der Waals surface area contributed by atoms with Crippen molar-refractivity contribution in [2.24, 2.45) is 5.84 Å². The van der Waals surface area contributed by atoms with Gasteiger partial charge in [0.2, 0.25) is 11.8 Å². The Labute approximate surface area is 269 Å². The molecule has 2 atom stereocenters. The molecule has 238 valence electrons. The van der Waals surface area contributed by atoms with Crippen LogP contribution in [0.4, 0.5) is 13.6 Å². The minimum absolute atomic E-state index is 0.0192. The van der Waals surface area contributed by atoms with Crippen LogP contribution >= 0.6 is 23.2 Å². The van der Waals surface area contributed by atoms with E-state index in [0.717, 1.165) is 10.5 Å². The first-order chi connectivity index (χ1) is 21.5. The molecule has 1 aliphatic heterocycles. The smallest absolute Gasteiger partial charge is 0.331 e.